The maximum Gasteiger partial charge on any atom is 0.106 e. The van der Waals surface area contributed by atoms with Crippen molar-refractivity contribution in [3.05, 3.63) is 47.2 Å². The SMILES string of the molecule is CN=C/C1=C/N=C(Nc2ccc(C(NCCNC)=C3CC3)cc2)CCCC1(C)CC1CCCCC1. The quantitative estimate of drug-likeness (QED) is 0.280. The number of likely N-dealkylation sites (N-methyl/N-ethyl adjacent to an activating group) is 1. The van der Waals surface area contributed by atoms with Gasteiger partial charge in [0.15, 0.2) is 0 Å². The van der Waals surface area contributed by atoms with Crippen molar-refractivity contribution in [3.63, 3.8) is 0 Å². The number of hydrogen-bond acceptors (Lipinski definition) is 5. The number of hydrogen-bond donors (Lipinski definition) is 3. The first-order chi connectivity index (χ1) is 17.1. The van der Waals surface area contributed by atoms with Gasteiger partial charge in [-0.1, -0.05) is 51.2 Å². The highest BCUT2D eigenvalue weighted by Gasteiger charge is 2.32. The predicted molar refractivity (Wildman–Crippen MR) is 151 cm³/mol. The second-order valence-electron chi connectivity index (χ2n) is 10.9. The minimum absolute atomic E-state index is 0.172. The van der Waals surface area contributed by atoms with E-state index in [9.17, 15) is 0 Å². The first-order valence-electron chi connectivity index (χ1n) is 13.8. The van der Waals surface area contributed by atoms with Crippen molar-refractivity contribution in [2.75, 3.05) is 32.5 Å². The molecule has 0 aromatic heterocycles. The molecule has 1 aromatic carbocycles. The maximum absolute atomic E-state index is 4.94. The van der Waals surface area contributed by atoms with Gasteiger partial charge in [-0.3, -0.25) is 4.99 Å². The molecule has 1 atom stereocenters. The third-order valence-electron chi connectivity index (χ3n) is 7.92. The van der Waals surface area contributed by atoms with Crippen LogP contribution in [-0.2, 0) is 0 Å². The molecule has 35 heavy (non-hydrogen) atoms. The van der Waals surface area contributed by atoms with Crippen LogP contribution in [0.2, 0.25) is 0 Å². The van der Waals surface area contributed by atoms with Crippen molar-refractivity contribution in [2.24, 2.45) is 21.3 Å². The van der Waals surface area contributed by atoms with Crippen LogP contribution >= 0.6 is 0 Å². The molecule has 0 amide bonds. The summed E-state index contributed by atoms with van der Waals surface area (Å²) in [6, 6.07) is 8.82. The average Bonchev–Trinajstić information content (AvgIpc) is 3.70. The molecule has 5 heteroatoms. The number of allylic oxidation sites excluding steroid dienone is 2. The van der Waals surface area contributed by atoms with Crippen LogP contribution < -0.4 is 16.0 Å². The van der Waals surface area contributed by atoms with Crippen molar-refractivity contribution in [3.8, 4) is 0 Å². The van der Waals surface area contributed by atoms with E-state index in [1.54, 1.807) is 0 Å². The van der Waals surface area contributed by atoms with E-state index in [4.69, 9.17) is 4.99 Å². The Bertz CT molecular complexity index is 943. The van der Waals surface area contributed by atoms with E-state index in [0.717, 1.165) is 43.4 Å². The lowest BCUT2D eigenvalue weighted by Crippen LogP contribution is -2.27. The highest BCUT2D eigenvalue weighted by Crippen LogP contribution is 2.43. The molecule has 2 saturated carbocycles. The van der Waals surface area contributed by atoms with Gasteiger partial charge in [-0.2, -0.15) is 0 Å². The van der Waals surface area contributed by atoms with E-state index < -0.39 is 0 Å². The summed E-state index contributed by atoms with van der Waals surface area (Å²) in [4.78, 5) is 9.34. The molecule has 3 N–H and O–H groups in total. The molecule has 4 rings (SSSR count). The van der Waals surface area contributed by atoms with Gasteiger partial charge in [0.2, 0.25) is 0 Å². The van der Waals surface area contributed by atoms with E-state index in [1.165, 1.54) is 80.2 Å². The molecule has 1 unspecified atom stereocenters. The number of amidine groups is 1. The summed E-state index contributed by atoms with van der Waals surface area (Å²) < 4.78 is 0. The summed E-state index contributed by atoms with van der Waals surface area (Å²) in [5.74, 6) is 1.90. The molecule has 0 spiro atoms. The van der Waals surface area contributed by atoms with E-state index in [-0.39, 0.29) is 5.41 Å². The third-order valence-corrected chi connectivity index (χ3v) is 7.92. The number of benzene rings is 1. The van der Waals surface area contributed by atoms with Crippen LogP contribution in [0.5, 0.6) is 0 Å². The molecule has 0 bridgehead atoms. The Labute approximate surface area is 212 Å². The summed E-state index contributed by atoms with van der Waals surface area (Å²) in [5, 5.41) is 10.4. The summed E-state index contributed by atoms with van der Waals surface area (Å²) in [5.41, 5.74) is 6.70. The number of nitrogens with one attached hydrogen (secondary N) is 3. The standard InChI is InChI=1S/C30H45N5/c1-30(20-23-8-5-4-6-9-23)17-7-10-28(34-22-26(30)21-32-3)35-27-15-13-25(14-16-27)29(24-11-12-24)33-19-18-31-2/h13-16,21-23,31,33H,4-12,17-20H2,1-3H3,(H,34,35)/b26-22-,32-21?. The Kier molecular flexibility index (Phi) is 9.19. The van der Waals surface area contributed by atoms with Crippen molar-refractivity contribution in [1.29, 1.82) is 0 Å². The molecule has 0 radical (unpaired) electrons. The topological polar surface area (TPSA) is 60.8 Å². The minimum atomic E-state index is 0.172. The van der Waals surface area contributed by atoms with Gasteiger partial charge in [-0.25, -0.2) is 4.99 Å². The normalized spacial score (nSPS) is 24.8. The largest absolute Gasteiger partial charge is 0.383 e. The van der Waals surface area contributed by atoms with E-state index >= 15 is 0 Å². The number of rotatable bonds is 9. The number of anilines is 1. The molecule has 3 aliphatic rings. The maximum atomic E-state index is 4.94. The molecule has 1 heterocycles. The average molecular weight is 476 g/mol. The van der Waals surface area contributed by atoms with Crippen LogP contribution in [0.3, 0.4) is 0 Å². The fraction of sp³-hybridized carbons (Fsp3) is 0.600. The van der Waals surface area contributed by atoms with E-state index in [1.807, 2.05) is 14.1 Å². The van der Waals surface area contributed by atoms with Crippen molar-refractivity contribution >= 4 is 23.4 Å². The lowest BCUT2D eigenvalue weighted by Gasteiger charge is -2.36. The Morgan fingerprint density at radius 1 is 1.06 bits per heavy atom. The second kappa shape index (κ2) is 12.5. The molecule has 190 valence electrons. The Balaban J connectivity index is 1.45. The first kappa shape index (κ1) is 25.7. The molecule has 1 aromatic rings. The Morgan fingerprint density at radius 2 is 1.83 bits per heavy atom. The molecule has 2 fully saturated rings. The van der Waals surface area contributed by atoms with Gasteiger partial charge < -0.3 is 16.0 Å². The smallest absolute Gasteiger partial charge is 0.106 e. The monoisotopic (exact) mass is 475 g/mol. The zero-order valence-corrected chi connectivity index (χ0v) is 22.1. The minimum Gasteiger partial charge on any atom is -0.383 e. The zero-order chi connectivity index (χ0) is 24.5. The molecular weight excluding hydrogens is 430 g/mol. The number of aliphatic imine (C=N–C) groups is 2. The molecule has 1 aliphatic heterocycles. The summed E-state index contributed by atoms with van der Waals surface area (Å²) >= 11 is 0. The molecule has 5 nitrogen and oxygen atoms in total. The lowest BCUT2D eigenvalue weighted by atomic mass is 9.69. The van der Waals surface area contributed by atoms with Crippen molar-refractivity contribution < 1.29 is 0 Å². The molecule has 2 aliphatic carbocycles. The van der Waals surface area contributed by atoms with Crippen molar-refractivity contribution in [1.82, 2.24) is 10.6 Å². The Hall–Kier alpha value is -2.40. The number of nitrogens with zero attached hydrogens (tertiary/aromatic N) is 2. The highest BCUT2D eigenvalue weighted by molar-refractivity contribution is 5.96. The summed E-state index contributed by atoms with van der Waals surface area (Å²) in [6.45, 7) is 4.36. The third kappa shape index (κ3) is 7.30. The molecule has 0 saturated heterocycles. The second-order valence-corrected chi connectivity index (χ2v) is 10.9. The van der Waals surface area contributed by atoms with Gasteiger partial charge in [-0.05, 0) is 79.3 Å². The fourth-order valence-electron chi connectivity index (χ4n) is 5.77. The van der Waals surface area contributed by atoms with Crippen LogP contribution in [-0.4, -0.2) is 39.2 Å². The van der Waals surface area contributed by atoms with E-state index in [2.05, 4.69) is 64.5 Å². The predicted octanol–water partition coefficient (Wildman–Crippen LogP) is 6.56. The van der Waals surface area contributed by atoms with E-state index in [0.29, 0.717) is 0 Å². The van der Waals surface area contributed by atoms with Crippen LogP contribution in [0.1, 0.15) is 83.1 Å². The summed E-state index contributed by atoms with van der Waals surface area (Å²) in [6.07, 6.45) is 18.2. The van der Waals surface area contributed by atoms with Gasteiger partial charge >= 0.3 is 0 Å². The first-order valence-corrected chi connectivity index (χ1v) is 13.8. The van der Waals surface area contributed by atoms with Gasteiger partial charge in [0.05, 0.1) is 0 Å². The fourth-order valence-corrected chi connectivity index (χ4v) is 5.77. The van der Waals surface area contributed by atoms with Gasteiger partial charge in [0.1, 0.15) is 5.84 Å². The van der Waals surface area contributed by atoms with Gasteiger partial charge in [0, 0.05) is 50.4 Å². The Morgan fingerprint density at radius 3 is 2.51 bits per heavy atom. The van der Waals surface area contributed by atoms with Crippen LogP contribution in [0.15, 0.2) is 51.6 Å². The lowest BCUT2D eigenvalue weighted by molar-refractivity contribution is 0.228. The van der Waals surface area contributed by atoms with Crippen LogP contribution in [0.4, 0.5) is 5.69 Å². The van der Waals surface area contributed by atoms with Crippen LogP contribution in [0, 0.1) is 11.3 Å². The highest BCUT2D eigenvalue weighted by atomic mass is 15.0. The van der Waals surface area contributed by atoms with Crippen LogP contribution in [0.25, 0.3) is 5.70 Å². The molecular formula is C30H45N5. The van der Waals surface area contributed by atoms with Gasteiger partial charge in [0.25, 0.3) is 0 Å². The summed E-state index contributed by atoms with van der Waals surface area (Å²) in [7, 11) is 3.87. The van der Waals surface area contributed by atoms with Gasteiger partial charge in [-0.15, -0.1) is 0 Å². The zero-order valence-electron chi connectivity index (χ0n) is 22.1. The van der Waals surface area contributed by atoms with Crippen molar-refractivity contribution in [2.45, 2.75) is 77.6 Å².